The van der Waals surface area contributed by atoms with Crippen LogP contribution in [0.4, 0.5) is 11.4 Å². The number of hydrogen-bond donors (Lipinski definition) is 2. The molecule has 1 aromatic rings. The molecule has 2 aliphatic carbocycles. The van der Waals surface area contributed by atoms with E-state index < -0.39 is 0 Å². The molecule has 4 N–H and O–H groups in total. The van der Waals surface area contributed by atoms with Crippen LogP contribution in [-0.4, -0.2) is 24.0 Å². The van der Waals surface area contributed by atoms with E-state index in [0.29, 0.717) is 12.0 Å². The second-order valence-corrected chi connectivity index (χ2v) is 7.80. The summed E-state index contributed by atoms with van der Waals surface area (Å²) >= 11 is 0. The van der Waals surface area contributed by atoms with Crippen LogP contribution in [0.1, 0.15) is 44.2 Å². The Kier molecular flexibility index (Phi) is 2.81. The van der Waals surface area contributed by atoms with Gasteiger partial charge >= 0.3 is 0 Å². The number of piperidine rings is 1. The average molecular weight is 285 g/mol. The summed E-state index contributed by atoms with van der Waals surface area (Å²) in [7, 11) is 0. The Morgan fingerprint density at radius 3 is 2.67 bits per heavy atom. The summed E-state index contributed by atoms with van der Waals surface area (Å²) in [4.78, 5) is 2.76. The third-order valence-electron chi connectivity index (χ3n) is 6.51. The van der Waals surface area contributed by atoms with E-state index in [9.17, 15) is 0 Å². The van der Waals surface area contributed by atoms with Gasteiger partial charge in [-0.1, -0.05) is 13.8 Å². The summed E-state index contributed by atoms with van der Waals surface area (Å²) in [5.41, 5.74) is 16.8. The molecule has 0 spiro atoms. The number of fused-ring (bicyclic) bond motifs is 4. The first-order valence-corrected chi connectivity index (χ1v) is 8.41. The predicted molar refractivity (Wildman–Crippen MR) is 88.2 cm³/mol. The summed E-state index contributed by atoms with van der Waals surface area (Å²) in [5.74, 6) is 1.67. The minimum atomic E-state index is 0.264. The highest BCUT2D eigenvalue weighted by molar-refractivity contribution is 5.67. The molecule has 1 heterocycles. The van der Waals surface area contributed by atoms with Crippen molar-refractivity contribution in [2.45, 2.75) is 51.0 Å². The number of likely N-dealkylation sites (tertiary alicyclic amines) is 1. The summed E-state index contributed by atoms with van der Waals surface area (Å²) in [5, 5.41) is 0. The predicted octanol–water partition coefficient (Wildman–Crippen LogP) is 2.79. The summed E-state index contributed by atoms with van der Waals surface area (Å²) < 4.78 is 0. The summed E-state index contributed by atoms with van der Waals surface area (Å²) in [6.07, 6.45) is 5.26. The van der Waals surface area contributed by atoms with E-state index in [4.69, 9.17) is 11.5 Å². The zero-order valence-corrected chi connectivity index (χ0v) is 13.2. The van der Waals surface area contributed by atoms with Crippen molar-refractivity contribution in [2.75, 3.05) is 24.6 Å². The van der Waals surface area contributed by atoms with Crippen LogP contribution < -0.4 is 11.5 Å². The van der Waals surface area contributed by atoms with Crippen LogP contribution in [0.5, 0.6) is 0 Å². The van der Waals surface area contributed by atoms with Gasteiger partial charge in [0.15, 0.2) is 0 Å². The molecule has 1 saturated carbocycles. The minimum Gasteiger partial charge on any atom is -0.397 e. The lowest BCUT2D eigenvalue weighted by atomic mass is 9.59. The molecular formula is C18H27N3. The van der Waals surface area contributed by atoms with Crippen LogP contribution in [0.15, 0.2) is 12.1 Å². The maximum Gasteiger partial charge on any atom is 0.0550 e. The molecule has 1 unspecified atom stereocenters. The van der Waals surface area contributed by atoms with Gasteiger partial charge in [-0.15, -0.1) is 0 Å². The number of anilines is 2. The first-order chi connectivity index (χ1) is 9.99. The maximum atomic E-state index is 6.08. The van der Waals surface area contributed by atoms with Crippen LogP contribution in [0, 0.1) is 11.8 Å². The topological polar surface area (TPSA) is 55.3 Å². The molecular weight excluding hydrogens is 258 g/mol. The third-order valence-corrected chi connectivity index (χ3v) is 6.51. The highest BCUT2D eigenvalue weighted by atomic mass is 15.2. The number of hydrogen-bond acceptors (Lipinski definition) is 3. The Balaban J connectivity index is 1.74. The Labute approximate surface area is 127 Å². The Bertz CT molecular complexity index is 578. The smallest absolute Gasteiger partial charge is 0.0550 e. The second-order valence-electron chi connectivity index (χ2n) is 7.80. The normalized spacial score (nSPS) is 35.5. The minimum absolute atomic E-state index is 0.264. The largest absolute Gasteiger partial charge is 0.397 e. The van der Waals surface area contributed by atoms with Crippen molar-refractivity contribution in [1.29, 1.82) is 0 Å². The number of nitrogens with two attached hydrogens (primary N) is 2. The van der Waals surface area contributed by atoms with Crippen LogP contribution in [0.3, 0.4) is 0 Å². The standard InChI is InChI=1S/C18H27N3/c1-11-17-8-13-7-15(19)16(20)9-14(13)18(11,2)5-6-21(17)10-12-3-4-12/h7,9,11-12,17H,3-6,8,10,19-20H2,1-2H3/t11?,17-,18-/m0/s1. The van der Waals surface area contributed by atoms with E-state index in [1.165, 1.54) is 43.5 Å². The SMILES string of the molecule is CC1[C@@H]2Cc3cc(N)c(N)cc3[C@@]1(C)CCN2CC1CC1. The van der Waals surface area contributed by atoms with Crippen molar-refractivity contribution in [1.82, 2.24) is 4.90 Å². The molecule has 2 bridgehead atoms. The van der Waals surface area contributed by atoms with E-state index in [1.54, 1.807) is 0 Å². The van der Waals surface area contributed by atoms with Crippen LogP contribution in [-0.2, 0) is 11.8 Å². The van der Waals surface area contributed by atoms with Gasteiger partial charge in [0.25, 0.3) is 0 Å². The molecule has 3 aliphatic rings. The lowest BCUT2D eigenvalue weighted by Crippen LogP contribution is -2.58. The Morgan fingerprint density at radius 2 is 1.95 bits per heavy atom. The summed E-state index contributed by atoms with van der Waals surface area (Å²) in [6.45, 7) is 7.43. The first kappa shape index (κ1) is 13.4. The number of nitrogens with zero attached hydrogens (tertiary/aromatic N) is 1. The average Bonchev–Trinajstić information content (AvgIpc) is 3.24. The van der Waals surface area contributed by atoms with E-state index in [2.05, 4.69) is 30.9 Å². The fourth-order valence-electron chi connectivity index (χ4n) is 4.66. The van der Waals surface area contributed by atoms with Gasteiger partial charge in [0.2, 0.25) is 0 Å². The van der Waals surface area contributed by atoms with Gasteiger partial charge < -0.3 is 11.5 Å². The van der Waals surface area contributed by atoms with Gasteiger partial charge in [-0.25, -0.2) is 0 Å². The van der Waals surface area contributed by atoms with Crippen molar-refractivity contribution in [3.05, 3.63) is 23.3 Å². The third kappa shape index (κ3) is 1.97. The van der Waals surface area contributed by atoms with E-state index in [1.807, 2.05) is 0 Å². The molecule has 0 amide bonds. The van der Waals surface area contributed by atoms with Gasteiger partial charge in [-0.3, -0.25) is 4.90 Å². The van der Waals surface area contributed by atoms with E-state index in [0.717, 1.165) is 23.7 Å². The van der Waals surface area contributed by atoms with Crippen LogP contribution in [0.2, 0.25) is 0 Å². The van der Waals surface area contributed by atoms with Crippen molar-refractivity contribution in [3.63, 3.8) is 0 Å². The fraction of sp³-hybridized carbons (Fsp3) is 0.667. The molecule has 3 nitrogen and oxygen atoms in total. The lowest BCUT2D eigenvalue weighted by molar-refractivity contribution is 0.0285. The van der Waals surface area contributed by atoms with E-state index >= 15 is 0 Å². The Morgan fingerprint density at radius 1 is 1.24 bits per heavy atom. The molecule has 3 atom stereocenters. The molecule has 114 valence electrons. The Hall–Kier alpha value is -1.22. The highest BCUT2D eigenvalue weighted by Gasteiger charge is 2.49. The summed E-state index contributed by atoms with van der Waals surface area (Å²) in [6, 6.07) is 4.98. The highest BCUT2D eigenvalue weighted by Crippen LogP contribution is 2.50. The maximum absolute atomic E-state index is 6.08. The fourth-order valence-corrected chi connectivity index (χ4v) is 4.66. The quantitative estimate of drug-likeness (QED) is 0.822. The van der Waals surface area contributed by atoms with Gasteiger partial charge in [0.1, 0.15) is 0 Å². The molecule has 4 rings (SSSR count). The number of rotatable bonds is 2. The molecule has 0 radical (unpaired) electrons. The second kappa shape index (κ2) is 4.39. The molecule has 1 saturated heterocycles. The van der Waals surface area contributed by atoms with Crippen molar-refractivity contribution < 1.29 is 0 Å². The first-order valence-electron chi connectivity index (χ1n) is 8.41. The van der Waals surface area contributed by atoms with Gasteiger partial charge in [-0.2, -0.15) is 0 Å². The zero-order valence-electron chi connectivity index (χ0n) is 13.2. The van der Waals surface area contributed by atoms with Crippen LogP contribution >= 0.6 is 0 Å². The molecule has 0 aromatic heterocycles. The van der Waals surface area contributed by atoms with Crippen molar-refractivity contribution in [2.24, 2.45) is 11.8 Å². The number of nitrogen functional groups attached to an aromatic ring is 2. The van der Waals surface area contributed by atoms with E-state index in [-0.39, 0.29) is 5.41 Å². The molecule has 1 aliphatic heterocycles. The van der Waals surface area contributed by atoms with Gasteiger partial charge in [0.05, 0.1) is 11.4 Å². The molecule has 3 heteroatoms. The lowest BCUT2D eigenvalue weighted by Gasteiger charge is -2.55. The van der Waals surface area contributed by atoms with Gasteiger partial charge in [-0.05, 0) is 72.7 Å². The van der Waals surface area contributed by atoms with Crippen molar-refractivity contribution in [3.8, 4) is 0 Å². The van der Waals surface area contributed by atoms with Crippen molar-refractivity contribution >= 4 is 11.4 Å². The zero-order chi connectivity index (χ0) is 14.8. The molecule has 21 heavy (non-hydrogen) atoms. The molecule has 2 fully saturated rings. The van der Waals surface area contributed by atoms with Gasteiger partial charge in [0, 0.05) is 12.6 Å². The number of benzene rings is 1. The van der Waals surface area contributed by atoms with Crippen LogP contribution in [0.25, 0.3) is 0 Å². The monoisotopic (exact) mass is 285 g/mol. The molecule has 1 aromatic carbocycles.